The summed E-state index contributed by atoms with van der Waals surface area (Å²) in [6.45, 7) is 2.96. The van der Waals surface area contributed by atoms with E-state index >= 15 is 0 Å². The Hall–Kier alpha value is -2.41. The van der Waals surface area contributed by atoms with E-state index in [0.717, 1.165) is 16.9 Å². The van der Waals surface area contributed by atoms with Gasteiger partial charge in [-0.05, 0) is 25.1 Å². The normalized spacial score (nSPS) is 13.6. The fourth-order valence-electron chi connectivity index (χ4n) is 2.37. The highest BCUT2D eigenvalue weighted by Gasteiger charge is 2.19. The minimum absolute atomic E-state index is 0.450. The Labute approximate surface area is 123 Å². The van der Waals surface area contributed by atoms with E-state index < -0.39 is 0 Å². The molecule has 0 spiro atoms. The van der Waals surface area contributed by atoms with E-state index in [-0.39, 0.29) is 0 Å². The number of hydrogen-bond donors (Lipinski definition) is 0. The maximum absolute atomic E-state index is 11.4. The van der Waals surface area contributed by atoms with Crippen molar-refractivity contribution < 1.29 is 14.3 Å². The van der Waals surface area contributed by atoms with Gasteiger partial charge in [0.1, 0.15) is 29.6 Å². The van der Waals surface area contributed by atoms with Gasteiger partial charge in [-0.2, -0.15) is 9.61 Å². The number of aromatic nitrogens is 3. The number of imidazole rings is 1. The molecule has 0 unspecified atom stereocenters. The molecule has 0 N–H and O–H groups in total. The number of benzene rings is 1. The van der Waals surface area contributed by atoms with Gasteiger partial charge in [0.15, 0.2) is 17.8 Å². The predicted molar refractivity (Wildman–Crippen MR) is 77.4 cm³/mol. The summed E-state index contributed by atoms with van der Waals surface area (Å²) in [6.07, 6.45) is 0.783. The molecule has 1 aliphatic rings. The minimum atomic E-state index is 0.450. The van der Waals surface area contributed by atoms with Crippen molar-refractivity contribution in [1.82, 2.24) is 14.6 Å². The first-order valence-corrected chi connectivity index (χ1v) is 7.29. The zero-order valence-electron chi connectivity index (χ0n) is 11.2. The fraction of sp³-hybridized carbons (Fsp3) is 0.214. The van der Waals surface area contributed by atoms with Crippen molar-refractivity contribution in [3.8, 4) is 22.8 Å². The number of hydrogen-bond acceptors (Lipinski definition) is 6. The Balaban J connectivity index is 1.89. The third-order valence-corrected chi connectivity index (χ3v) is 4.09. The molecule has 4 rings (SSSR count). The lowest BCUT2D eigenvalue weighted by Gasteiger charge is -2.18. The molecule has 3 heterocycles. The Morgan fingerprint density at radius 2 is 2.10 bits per heavy atom. The summed E-state index contributed by atoms with van der Waals surface area (Å²) in [5.41, 5.74) is 1.88. The maximum atomic E-state index is 11.4. The second kappa shape index (κ2) is 4.56. The zero-order chi connectivity index (χ0) is 14.4. The number of ether oxygens (including phenoxy) is 2. The summed E-state index contributed by atoms with van der Waals surface area (Å²) in [4.78, 5) is 16.6. The van der Waals surface area contributed by atoms with Crippen LogP contribution in [0, 0.1) is 6.92 Å². The molecule has 0 fully saturated rings. The number of carbonyl (C=O) groups is 1. The van der Waals surface area contributed by atoms with E-state index in [9.17, 15) is 4.79 Å². The number of carbonyl (C=O) groups excluding carboxylic acids is 1. The van der Waals surface area contributed by atoms with Crippen molar-refractivity contribution in [2.45, 2.75) is 6.92 Å². The van der Waals surface area contributed by atoms with E-state index in [1.165, 1.54) is 11.3 Å². The third kappa shape index (κ3) is 1.89. The van der Waals surface area contributed by atoms with Crippen molar-refractivity contribution in [2.24, 2.45) is 0 Å². The van der Waals surface area contributed by atoms with E-state index in [1.807, 2.05) is 25.1 Å². The molecule has 0 radical (unpaired) electrons. The molecule has 2 aromatic heterocycles. The van der Waals surface area contributed by atoms with E-state index in [1.54, 1.807) is 4.52 Å². The van der Waals surface area contributed by atoms with Crippen LogP contribution in [0.25, 0.3) is 16.2 Å². The van der Waals surface area contributed by atoms with Crippen LogP contribution in [0.2, 0.25) is 0 Å². The van der Waals surface area contributed by atoms with Gasteiger partial charge in [-0.25, -0.2) is 4.98 Å². The molecule has 21 heavy (non-hydrogen) atoms. The van der Waals surface area contributed by atoms with Crippen LogP contribution in [0.3, 0.4) is 0 Å². The van der Waals surface area contributed by atoms with Crippen LogP contribution >= 0.6 is 11.3 Å². The van der Waals surface area contributed by atoms with Gasteiger partial charge < -0.3 is 9.47 Å². The Kier molecular flexibility index (Phi) is 2.68. The average Bonchev–Trinajstić information content (AvgIpc) is 3.02. The van der Waals surface area contributed by atoms with Crippen molar-refractivity contribution in [2.75, 3.05) is 13.2 Å². The monoisotopic (exact) mass is 301 g/mol. The second-order valence-corrected chi connectivity index (χ2v) is 5.80. The largest absolute Gasteiger partial charge is 0.486 e. The molecule has 1 aromatic carbocycles. The second-order valence-electron chi connectivity index (χ2n) is 4.64. The summed E-state index contributed by atoms with van der Waals surface area (Å²) in [6, 6.07) is 5.56. The molecule has 0 saturated carbocycles. The lowest BCUT2D eigenvalue weighted by molar-refractivity contribution is 0.111. The molecule has 7 heteroatoms. The van der Waals surface area contributed by atoms with Crippen LogP contribution in [-0.4, -0.2) is 34.1 Å². The van der Waals surface area contributed by atoms with Crippen LogP contribution in [-0.2, 0) is 0 Å². The first-order chi connectivity index (χ1) is 10.3. The van der Waals surface area contributed by atoms with Gasteiger partial charge in [0.2, 0.25) is 4.96 Å². The van der Waals surface area contributed by atoms with Crippen LogP contribution in [0.1, 0.15) is 15.5 Å². The highest BCUT2D eigenvalue weighted by molar-refractivity contribution is 7.16. The first kappa shape index (κ1) is 12.3. The fourth-order valence-corrected chi connectivity index (χ4v) is 3.12. The van der Waals surface area contributed by atoms with Crippen molar-refractivity contribution in [1.29, 1.82) is 0 Å². The molecule has 0 amide bonds. The van der Waals surface area contributed by atoms with Gasteiger partial charge in [0.25, 0.3) is 0 Å². The number of aldehydes is 1. The van der Waals surface area contributed by atoms with Crippen LogP contribution in [0.15, 0.2) is 18.2 Å². The number of nitrogens with zero attached hydrogens (tertiary/aromatic N) is 3. The van der Waals surface area contributed by atoms with Gasteiger partial charge in [-0.15, -0.1) is 0 Å². The molecule has 0 atom stereocenters. The maximum Gasteiger partial charge on any atom is 0.213 e. The molecule has 0 saturated heterocycles. The molecule has 3 aromatic rings. The highest BCUT2D eigenvalue weighted by Crippen LogP contribution is 2.35. The summed E-state index contributed by atoms with van der Waals surface area (Å²) >= 11 is 1.45. The molecule has 1 aliphatic heterocycles. The minimum Gasteiger partial charge on any atom is -0.486 e. The quantitative estimate of drug-likeness (QED) is 0.680. The van der Waals surface area contributed by atoms with Gasteiger partial charge in [-0.3, -0.25) is 4.79 Å². The first-order valence-electron chi connectivity index (χ1n) is 6.47. The molecule has 6 nitrogen and oxygen atoms in total. The van der Waals surface area contributed by atoms with Gasteiger partial charge in [0, 0.05) is 5.56 Å². The van der Waals surface area contributed by atoms with Gasteiger partial charge in [0.05, 0.1) is 0 Å². The Bertz CT molecular complexity index is 853. The summed E-state index contributed by atoms with van der Waals surface area (Å²) in [5.74, 6) is 1.39. The SMILES string of the molecule is Cc1nn2c(C=O)c(-c3ccc4c(c3)OCCO4)nc2s1. The zero-order valence-corrected chi connectivity index (χ0v) is 12.0. The molecule has 0 bridgehead atoms. The molecular formula is C14H11N3O3S. The Morgan fingerprint density at radius 3 is 2.90 bits per heavy atom. The number of rotatable bonds is 2. The smallest absolute Gasteiger partial charge is 0.213 e. The van der Waals surface area contributed by atoms with Gasteiger partial charge >= 0.3 is 0 Å². The van der Waals surface area contributed by atoms with Crippen LogP contribution < -0.4 is 9.47 Å². The highest BCUT2D eigenvalue weighted by atomic mass is 32.1. The lowest BCUT2D eigenvalue weighted by Crippen LogP contribution is -2.15. The van der Waals surface area contributed by atoms with Crippen LogP contribution in [0.5, 0.6) is 11.5 Å². The van der Waals surface area contributed by atoms with Gasteiger partial charge in [-0.1, -0.05) is 11.3 Å². The standard InChI is InChI=1S/C14H11N3O3S/c1-8-16-17-10(7-18)13(15-14(17)21-8)9-2-3-11-12(6-9)20-5-4-19-11/h2-3,6-7H,4-5H2,1H3. The predicted octanol–water partition coefficient (Wildman–Crippen LogP) is 2.35. The summed E-state index contributed by atoms with van der Waals surface area (Å²) in [5, 5.41) is 5.17. The Morgan fingerprint density at radius 1 is 1.29 bits per heavy atom. The number of aryl methyl sites for hydroxylation is 1. The summed E-state index contributed by atoms with van der Waals surface area (Å²) < 4.78 is 12.7. The molecule has 0 aliphatic carbocycles. The number of fused-ring (bicyclic) bond motifs is 2. The van der Waals surface area contributed by atoms with Crippen molar-refractivity contribution in [3.05, 3.63) is 28.9 Å². The van der Waals surface area contributed by atoms with Crippen LogP contribution in [0.4, 0.5) is 0 Å². The van der Waals surface area contributed by atoms with E-state index in [2.05, 4.69) is 10.1 Å². The molecule has 106 valence electrons. The van der Waals surface area contributed by atoms with E-state index in [4.69, 9.17) is 9.47 Å². The van der Waals surface area contributed by atoms with Crippen molar-refractivity contribution in [3.63, 3.8) is 0 Å². The average molecular weight is 301 g/mol. The summed E-state index contributed by atoms with van der Waals surface area (Å²) in [7, 11) is 0. The topological polar surface area (TPSA) is 65.7 Å². The van der Waals surface area contributed by atoms with E-state index in [0.29, 0.717) is 41.1 Å². The molecular weight excluding hydrogens is 290 g/mol. The lowest BCUT2D eigenvalue weighted by atomic mass is 10.1. The van der Waals surface area contributed by atoms with Crippen molar-refractivity contribution >= 4 is 22.6 Å². The third-order valence-electron chi connectivity index (χ3n) is 3.27.